The summed E-state index contributed by atoms with van der Waals surface area (Å²) in [4.78, 5) is 31.5. The number of nitrogens with zero attached hydrogens (tertiary/aromatic N) is 3. The molecule has 1 aromatic carbocycles. The molecule has 1 aromatic heterocycles. The number of benzene rings is 1. The number of alkyl carbamates (subject to hydrolysis) is 1. The van der Waals surface area contributed by atoms with E-state index in [9.17, 15) is 9.59 Å². The van der Waals surface area contributed by atoms with Crippen LogP contribution in [0.2, 0.25) is 25.7 Å². The summed E-state index contributed by atoms with van der Waals surface area (Å²) >= 11 is 3.34. The Labute approximate surface area is 240 Å². The van der Waals surface area contributed by atoms with Crippen LogP contribution in [-0.2, 0) is 16.2 Å². The molecule has 2 N–H and O–H groups in total. The second-order valence-electron chi connectivity index (χ2n) is 12.1. The molecule has 0 spiro atoms. The van der Waals surface area contributed by atoms with Crippen molar-refractivity contribution in [1.82, 2.24) is 14.9 Å². The zero-order valence-corrected chi connectivity index (χ0v) is 26.4. The maximum atomic E-state index is 15.1. The number of carbonyl (C=O) groups is 2. The van der Waals surface area contributed by atoms with Crippen LogP contribution in [0.1, 0.15) is 44.2 Å². The summed E-state index contributed by atoms with van der Waals surface area (Å²) in [6, 6.07) is 5.68. The SMILES string of the molecule is CC(C)(C)OC(=O)NCC1CCN(c2c(F)cccc2NC(=O)c2nc(Br)cn2COCC[Si](C)(C)C)CC1. The normalized spacial score (nSPS) is 14.8. The Morgan fingerprint density at radius 2 is 1.90 bits per heavy atom. The van der Waals surface area contributed by atoms with Gasteiger partial charge in [0.2, 0.25) is 5.82 Å². The number of aromatic nitrogens is 2. The minimum absolute atomic E-state index is 0.178. The maximum Gasteiger partial charge on any atom is 0.407 e. The van der Waals surface area contributed by atoms with Gasteiger partial charge < -0.3 is 29.6 Å². The number of ether oxygens (including phenoxy) is 2. The molecular weight excluding hydrogens is 585 g/mol. The summed E-state index contributed by atoms with van der Waals surface area (Å²) < 4.78 is 28.4. The molecule has 1 aliphatic rings. The maximum absolute atomic E-state index is 15.1. The first kappa shape index (κ1) is 31.1. The predicted molar refractivity (Wildman–Crippen MR) is 158 cm³/mol. The number of carbonyl (C=O) groups excluding carboxylic acids is 2. The zero-order valence-electron chi connectivity index (χ0n) is 23.8. The molecule has 2 heterocycles. The molecule has 2 aromatic rings. The van der Waals surface area contributed by atoms with E-state index in [0.29, 0.717) is 42.2 Å². The van der Waals surface area contributed by atoms with Gasteiger partial charge in [-0.15, -0.1) is 0 Å². The second kappa shape index (κ2) is 13.3. The number of piperidine rings is 1. The molecule has 1 saturated heterocycles. The van der Waals surface area contributed by atoms with Crippen LogP contribution in [0.3, 0.4) is 0 Å². The largest absolute Gasteiger partial charge is 0.444 e. The Hall–Kier alpha value is -2.44. The fraction of sp³-hybridized carbons (Fsp3) is 0.593. The van der Waals surface area contributed by atoms with Gasteiger partial charge in [0.1, 0.15) is 22.8 Å². The molecule has 12 heteroatoms. The number of halogens is 2. The van der Waals surface area contributed by atoms with Crippen molar-refractivity contribution in [1.29, 1.82) is 0 Å². The molecule has 216 valence electrons. The van der Waals surface area contributed by atoms with E-state index in [-0.39, 0.29) is 18.5 Å². The van der Waals surface area contributed by atoms with E-state index in [2.05, 4.69) is 51.2 Å². The Bertz CT molecular complexity index is 1140. The summed E-state index contributed by atoms with van der Waals surface area (Å²) in [5.41, 5.74) is 0.191. The molecule has 0 saturated carbocycles. The lowest BCUT2D eigenvalue weighted by molar-refractivity contribution is 0.0516. The van der Waals surface area contributed by atoms with Gasteiger partial charge in [-0.2, -0.15) is 0 Å². The molecule has 1 aliphatic heterocycles. The molecule has 1 fully saturated rings. The van der Waals surface area contributed by atoms with Crippen molar-refractivity contribution in [3.05, 3.63) is 40.6 Å². The average Bonchev–Trinajstić information content (AvgIpc) is 3.20. The Morgan fingerprint density at radius 3 is 2.54 bits per heavy atom. The first-order valence-corrected chi connectivity index (χ1v) is 17.8. The summed E-state index contributed by atoms with van der Waals surface area (Å²) in [6.45, 7) is 14.8. The predicted octanol–water partition coefficient (Wildman–Crippen LogP) is 6.09. The number of nitrogens with one attached hydrogen (secondary N) is 2. The summed E-state index contributed by atoms with van der Waals surface area (Å²) in [5, 5.41) is 5.69. The number of hydrogen-bond donors (Lipinski definition) is 2. The second-order valence-corrected chi connectivity index (χ2v) is 18.5. The van der Waals surface area contributed by atoms with Gasteiger partial charge in [-0.25, -0.2) is 14.2 Å². The quantitative estimate of drug-likeness (QED) is 0.245. The number of amides is 2. The fourth-order valence-electron chi connectivity index (χ4n) is 4.22. The number of anilines is 2. The van der Waals surface area contributed by atoms with Crippen LogP contribution < -0.4 is 15.5 Å². The van der Waals surface area contributed by atoms with Gasteiger partial charge in [0.25, 0.3) is 5.91 Å². The lowest BCUT2D eigenvalue weighted by atomic mass is 9.96. The van der Waals surface area contributed by atoms with E-state index in [0.717, 1.165) is 18.9 Å². The summed E-state index contributed by atoms with van der Waals surface area (Å²) in [5.74, 6) is -0.420. The van der Waals surface area contributed by atoms with Crippen LogP contribution in [0.15, 0.2) is 29.0 Å². The van der Waals surface area contributed by atoms with Crippen LogP contribution >= 0.6 is 15.9 Å². The van der Waals surface area contributed by atoms with E-state index < -0.39 is 31.5 Å². The van der Waals surface area contributed by atoms with Gasteiger partial charge in [0.05, 0.1) is 11.4 Å². The molecule has 0 radical (unpaired) electrons. The molecule has 0 atom stereocenters. The van der Waals surface area contributed by atoms with E-state index in [4.69, 9.17) is 9.47 Å². The first-order chi connectivity index (χ1) is 18.2. The third-order valence-electron chi connectivity index (χ3n) is 6.28. The molecule has 0 aliphatic carbocycles. The van der Waals surface area contributed by atoms with E-state index in [1.54, 1.807) is 22.9 Å². The molecule has 2 amide bonds. The highest BCUT2D eigenvalue weighted by molar-refractivity contribution is 9.10. The number of para-hydroxylation sites is 1. The zero-order chi connectivity index (χ0) is 28.8. The van der Waals surface area contributed by atoms with Gasteiger partial charge in [0, 0.05) is 40.5 Å². The van der Waals surface area contributed by atoms with Crippen molar-refractivity contribution in [3.8, 4) is 0 Å². The van der Waals surface area contributed by atoms with Crippen molar-refractivity contribution >= 4 is 47.4 Å². The van der Waals surface area contributed by atoms with Gasteiger partial charge >= 0.3 is 6.09 Å². The third-order valence-corrected chi connectivity index (χ3v) is 8.36. The minimum atomic E-state index is -1.23. The van der Waals surface area contributed by atoms with Gasteiger partial charge in [-0.05, 0) is 73.6 Å². The topological polar surface area (TPSA) is 97.7 Å². The standard InChI is InChI=1S/C27H41BrFN5O4Si/c1-27(2,3)38-26(36)30-16-19-10-12-33(13-11-19)23-20(29)8-7-9-21(23)31-25(35)24-32-22(28)17-34(24)18-37-14-15-39(4,5)6/h7-9,17,19H,10-16,18H2,1-6H3,(H,30,36)(H,31,35). The van der Waals surface area contributed by atoms with Gasteiger partial charge in [-0.1, -0.05) is 25.7 Å². The molecular formula is C27H41BrFN5O4Si. The van der Waals surface area contributed by atoms with Crippen LogP contribution in [0.4, 0.5) is 20.6 Å². The van der Waals surface area contributed by atoms with E-state index in [1.165, 1.54) is 6.07 Å². The first-order valence-electron chi connectivity index (χ1n) is 13.3. The third kappa shape index (κ3) is 9.91. The minimum Gasteiger partial charge on any atom is -0.444 e. The molecule has 9 nitrogen and oxygen atoms in total. The van der Waals surface area contributed by atoms with Crippen LogP contribution in [0, 0.1) is 11.7 Å². The summed E-state index contributed by atoms with van der Waals surface area (Å²) in [6.07, 6.45) is 2.80. The Kier molecular flexibility index (Phi) is 10.6. The van der Waals surface area contributed by atoms with Crippen LogP contribution in [0.5, 0.6) is 0 Å². The summed E-state index contributed by atoms with van der Waals surface area (Å²) in [7, 11) is -1.23. The smallest absolute Gasteiger partial charge is 0.407 e. The van der Waals surface area contributed by atoms with Crippen molar-refractivity contribution in [2.75, 3.05) is 36.5 Å². The van der Waals surface area contributed by atoms with Crippen LogP contribution in [0.25, 0.3) is 0 Å². The lowest BCUT2D eigenvalue weighted by Gasteiger charge is -2.35. The number of hydrogen-bond acceptors (Lipinski definition) is 6. The van der Waals surface area contributed by atoms with Crippen molar-refractivity contribution in [3.63, 3.8) is 0 Å². The molecule has 0 bridgehead atoms. The van der Waals surface area contributed by atoms with Crippen molar-refractivity contribution in [2.24, 2.45) is 5.92 Å². The van der Waals surface area contributed by atoms with Gasteiger partial charge in [-0.3, -0.25) is 4.79 Å². The monoisotopic (exact) mass is 625 g/mol. The van der Waals surface area contributed by atoms with Gasteiger partial charge in [0.15, 0.2) is 0 Å². The van der Waals surface area contributed by atoms with Crippen molar-refractivity contribution < 1.29 is 23.5 Å². The Balaban J connectivity index is 1.62. The molecule has 39 heavy (non-hydrogen) atoms. The van der Waals surface area contributed by atoms with Crippen molar-refractivity contribution in [2.45, 2.75) is 71.6 Å². The average molecular weight is 627 g/mol. The molecule has 3 rings (SSSR count). The van der Waals surface area contributed by atoms with Crippen LogP contribution in [-0.4, -0.2) is 61.5 Å². The highest BCUT2D eigenvalue weighted by Crippen LogP contribution is 2.33. The fourth-order valence-corrected chi connectivity index (χ4v) is 5.40. The highest BCUT2D eigenvalue weighted by atomic mass is 79.9. The highest BCUT2D eigenvalue weighted by Gasteiger charge is 2.26. The van der Waals surface area contributed by atoms with E-state index >= 15 is 4.39 Å². The number of imidazole rings is 1. The van der Waals surface area contributed by atoms with E-state index in [1.807, 2.05) is 25.7 Å². The number of rotatable bonds is 10. The lowest BCUT2D eigenvalue weighted by Crippen LogP contribution is -2.40. The Morgan fingerprint density at radius 1 is 1.21 bits per heavy atom. The molecule has 0 unspecified atom stereocenters.